The Kier molecular flexibility index (Phi) is 7.88. The van der Waals surface area contributed by atoms with E-state index in [0.29, 0.717) is 48.4 Å². The van der Waals surface area contributed by atoms with E-state index in [2.05, 4.69) is 16.9 Å². The zero-order valence-electron chi connectivity index (χ0n) is 20.0. The smallest absolute Gasteiger partial charge is 0.258 e. The van der Waals surface area contributed by atoms with Crippen molar-refractivity contribution in [3.05, 3.63) is 52.1 Å². The van der Waals surface area contributed by atoms with E-state index in [1.807, 2.05) is 9.80 Å². The van der Waals surface area contributed by atoms with E-state index < -0.39 is 0 Å². The number of likely N-dealkylation sites (N-methyl/N-ethyl adjacent to an activating group) is 1. The Hall–Kier alpha value is -2.45. The molecule has 34 heavy (non-hydrogen) atoms. The number of nitrogens with zero attached hydrogens (tertiary/aromatic N) is 5. The largest absolute Gasteiger partial charge is 0.340 e. The molecule has 2 saturated heterocycles. The lowest BCUT2D eigenvalue weighted by Gasteiger charge is -2.36. The first kappa shape index (κ1) is 24.7. The molecule has 2 fully saturated rings. The molecule has 0 N–H and O–H groups in total. The molecule has 2 aliphatic rings. The van der Waals surface area contributed by atoms with Crippen LogP contribution in [-0.2, 0) is 11.3 Å². The minimum absolute atomic E-state index is 0.117. The van der Waals surface area contributed by atoms with Crippen LogP contribution in [0.3, 0.4) is 0 Å². The van der Waals surface area contributed by atoms with Gasteiger partial charge in [0, 0.05) is 45.7 Å². The number of hydrogen-bond donors (Lipinski definition) is 0. The molecule has 0 bridgehead atoms. The Labute approximate surface area is 205 Å². The van der Waals surface area contributed by atoms with Gasteiger partial charge in [-0.1, -0.05) is 30.7 Å². The van der Waals surface area contributed by atoms with E-state index in [1.165, 1.54) is 12.1 Å². The van der Waals surface area contributed by atoms with Gasteiger partial charge in [0.15, 0.2) is 0 Å². The van der Waals surface area contributed by atoms with Crippen LogP contribution in [0.15, 0.2) is 24.3 Å². The van der Waals surface area contributed by atoms with E-state index in [0.717, 1.165) is 51.1 Å². The second-order valence-corrected chi connectivity index (χ2v) is 9.65. The van der Waals surface area contributed by atoms with Gasteiger partial charge in [-0.3, -0.25) is 9.59 Å². The first-order valence-corrected chi connectivity index (χ1v) is 12.5. The van der Waals surface area contributed by atoms with Crippen molar-refractivity contribution in [3.63, 3.8) is 0 Å². The number of piperidine rings is 1. The van der Waals surface area contributed by atoms with Crippen LogP contribution < -0.4 is 0 Å². The number of carbonyl (C=O) groups excluding carboxylic acids is 2. The summed E-state index contributed by atoms with van der Waals surface area (Å²) < 4.78 is 14.8. The molecule has 1 aromatic carbocycles. The maximum atomic E-state index is 13.2. The van der Waals surface area contributed by atoms with Gasteiger partial charge in [0.1, 0.15) is 11.0 Å². The van der Waals surface area contributed by atoms with Crippen molar-refractivity contribution in [2.75, 3.05) is 45.8 Å². The second kappa shape index (κ2) is 10.9. The molecule has 4 rings (SSSR count). The first-order valence-electron chi connectivity index (χ1n) is 12.1. The molecule has 1 aromatic heterocycles. The summed E-state index contributed by atoms with van der Waals surface area (Å²) in [4.78, 5) is 32.2. The van der Waals surface area contributed by atoms with Crippen molar-refractivity contribution in [3.8, 4) is 0 Å². The number of halogens is 2. The lowest BCUT2D eigenvalue weighted by Crippen LogP contribution is -2.49. The summed E-state index contributed by atoms with van der Waals surface area (Å²) in [5.74, 6) is 0.125. The van der Waals surface area contributed by atoms with Crippen molar-refractivity contribution in [2.45, 2.75) is 39.7 Å². The van der Waals surface area contributed by atoms with Crippen LogP contribution in [0.2, 0.25) is 5.15 Å². The van der Waals surface area contributed by atoms with Gasteiger partial charge in [0.05, 0.1) is 17.8 Å². The van der Waals surface area contributed by atoms with Crippen LogP contribution >= 0.6 is 11.6 Å². The van der Waals surface area contributed by atoms with Crippen molar-refractivity contribution >= 4 is 23.4 Å². The topological polar surface area (TPSA) is 61.7 Å². The molecule has 2 aliphatic heterocycles. The third kappa shape index (κ3) is 5.61. The Morgan fingerprint density at radius 3 is 2.29 bits per heavy atom. The highest BCUT2D eigenvalue weighted by Crippen LogP contribution is 2.27. The maximum absolute atomic E-state index is 13.2. The number of piperazine rings is 1. The molecular weight excluding hydrogens is 457 g/mol. The number of hydrogen-bond acceptors (Lipinski definition) is 4. The van der Waals surface area contributed by atoms with Gasteiger partial charge in [-0.05, 0) is 49.9 Å². The quantitative estimate of drug-likeness (QED) is 0.623. The van der Waals surface area contributed by atoms with Gasteiger partial charge >= 0.3 is 0 Å². The van der Waals surface area contributed by atoms with Gasteiger partial charge in [0.25, 0.3) is 5.91 Å². The molecule has 0 spiro atoms. The minimum Gasteiger partial charge on any atom is -0.340 e. The number of carbonyl (C=O) groups is 2. The predicted octanol–water partition coefficient (Wildman–Crippen LogP) is 3.44. The summed E-state index contributed by atoms with van der Waals surface area (Å²) in [6.45, 7) is 10.1. The van der Waals surface area contributed by atoms with Gasteiger partial charge in [-0.25, -0.2) is 9.07 Å². The molecule has 0 aliphatic carbocycles. The molecule has 0 unspecified atom stereocenters. The van der Waals surface area contributed by atoms with Crippen LogP contribution in [-0.4, -0.2) is 82.1 Å². The Bertz CT molecular complexity index is 1010. The predicted molar refractivity (Wildman–Crippen MR) is 129 cm³/mol. The maximum Gasteiger partial charge on any atom is 0.258 e. The fourth-order valence-electron chi connectivity index (χ4n) is 4.85. The van der Waals surface area contributed by atoms with Crippen molar-refractivity contribution < 1.29 is 14.0 Å². The second-order valence-electron chi connectivity index (χ2n) is 9.29. The molecule has 184 valence electrons. The highest BCUT2D eigenvalue weighted by atomic mass is 35.5. The minimum atomic E-state index is -0.300. The average Bonchev–Trinajstić information content (AvgIpc) is 3.13. The normalized spacial score (nSPS) is 17.9. The van der Waals surface area contributed by atoms with Gasteiger partial charge in [-0.2, -0.15) is 5.10 Å². The molecular formula is C25H33ClFN5O2. The van der Waals surface area contributed by atoms with E-state index in [4.69, 9.17) is 11.6 Å². The molecule has 2 amide bonds. The van der Waals surface area contributed by atoms with Crippen molar-refractivity contribution in [1.29, 1.82) is 0 Å². The van der Waals surface area contributed by atoms with Crippen molar-refractivity contribution in [1.82, 2.24) is 24.5 Å². The summed E-state index contributed by atoms with van der Waals surface area (Å²) in [7, 11) is 0. The molecule has 9 heteroatoms. The van der Waals surface area contributed by atoms with Crippen LogP contribution in [0.1, 0.15) is 47.8 Å². The molecule has 3 heterocycles. The average molecular weight is 490 g/mol. The fraction of sp³-hybridized carbons (Fsp3) is 0.560. The Morgan fingerprint density at radius 1 is 1.03 bits per heavy atom. The molecule has 0 saturated carbocycles. The summed E-state index contributed by atoms with van der Waals surface area (Å²) in [5.41, 5.74) is 1.86. The summed E-state index contributed by atoms with van der Waals surface area (Å²) in [6, 6.07) is 6.15. The first-order chi connectivity index (χ1) is 16.4. The number of benzene rings is 1. The van der Waals surface area contributed by atoms with Crippen LogP contribution in [0.4, 0.5) is 4.39 Å². The van der Waals surface area contributed by atoms with Gasteiger partial charge in [-0.15, -0.1) is 0 Å². The van der Waals surface area contributed by atoms with Gasteiger partial charge < -0.3 is 14.7 Å². The zero-order chi connectivity index (χ0) is 24.2. The number of likely N-dealkylation sites (tertiary alicyclic amines) is 1. The Balaban J connectivity index is 1.31. The van der Waals surface area contributed by atoms with Gasteiger partial charge in [0.2, 0.25) is 5.91 Å². The summed E-state index contributed by atoms with van der Waals surface area (Å²) in [5, 5.41) is 4.75. The number of aromatic nitrogens is 2. The fourth-order valence-corrected chi connectivity index (χ4v) is 5.17. The summed E-state index contributed by atoms with van der Waals surface area (Å²) >= 11 is 6.55. The lowest BCUT2D eigenvalue weighted by molar-refractivity contribution is -0.134. The van der Waals surface area contributed by atoms with Crippen LogP contribution in [0.25, 0.3) is 0 Å². The molecule has 7 nitrogen and oxygen atoms in total. The number of rotatable bonds is 6. The van der Waals surface area contributed by atoms with E-state index in [-0.39, 0.29) is 17.6 Å². The number of amides is 2. The molecule has 0 atom stereocenters. The summed E-state index contributed by atoms with van der Waals surface area (Å²) in [6.07, 6.45) is 2.18. The lowest BCUT2D eigenvalue weighted by atomic mass is 9.92. The molecule has 0 radical (unpaired) electrons. The third-order valence-corrected chi connectivity index (χ3v) is 7.45. The standard InChI is InChI=1S/C25H33ClFN5O2/c1-3-29-12-14-30(15-13-29)22(33)16-19-8-10-31(11-9-19)25(34)23-18(2)28-32(24(23)26)17-20-4-6-21(27)7-5-20/h4-7,19H,3,8-17H2,1-2H3. The SMILES string of the molecule is CCN1CCN(C(=O)CC2CCN(C(=O)c3c(C)nn(Cc4ccc(F)cc4)c3Cl)CC2)CC1. The monoisotopic (exact) mass is 489 g/mol. The van der Waals surface area contributed by atoms with Crippen LogP contribution in [0.5, 0.6) is 0 Å². The number of aryl methyl sites for hydroxylation is 1. The van der Waals surface area contributed by atoms with E-state index >= 15 is 0 Å². The van der Waals surface area contributed by atoms with E-state index in [1.54, 1.807) is 23.7 Å². The molecule has 2 aromatic rings. The third-order valence-electron chi connectivity index (χ3n) is 7.06. The van der Waals surface area contributed by atoms with Crippen molar-refractivity contribution in [2.24, 2.45) is 5.92 Å². The highest BCUT2D eigenvalue weighted by molar-refractivity contribution is 6.33. The zero-order valence-corrected chi connectivity index (χ0v) is 20.7. The highest BCUT2D eigenvalue weighted by Gasteiger charge is 2.30. The Morgan fingerprint density at radius 2 is 1.68 bits per heavy atom. The van der Waals surface area contributed by atoms with E-state index in [9.17, 15) is 14.0 Å². The van der Waals surface area contributed by atoms with Crippen LogP contribution in [0, 0.1) is 18.7 Å².